The standard InChI is InChI=1S/C15H10O15S3/c16-10-5-9(29-32(21,22)23)6-11-12(10)13(17)15(30-33(24,25)26)14(27-11)7-1-3-8(4-2-7)28-31(18,19)20/h1-6,16H,(H,18,19,20)(H,21,22,23)(H,24,25,26). The Morgan fingerprint density at radius 1 is 0.727 bits per heavy atom. The van der Waals surface area contributed by atoms with Gasteiger partial charge in [0.2, 0.25) is 11.2 Å². The largest absolute Gasteiger partial charge is 0.507 e. The van der Waals surface area contributed by atoms with E-state index in [2.05, 4.69) is 12.5 Å². The summed E-state index contributed by atoms with van der Waals surface area (Å²) in [5.74, 6) is -3.89. The van der Waals surface area contributed by atoms with Gasteiger partial charge in [0.1, 0.15) is 22.5 Å². The monoisotopic (exact) mass is 526 g/mol. The predicted octanol–water partition coefficient (Wildman–Crippen LogP) is 0.710. The molecule has 0 atom stereocenters. The van der Waals surface area contributed by atoms with Gasteiger partial charge in [-0.15, -0.1) is 0 Å². The Bertz CT molecular complexity index is 1620. The Hall–Kier alpha value is -3.42. The molecule has 0 fully saturated rings. The van der Waals surface area contributed by atoms with E-state index in [9.17, 15) is 35.2 Å². The molecule has 0 aliphatic heterocycles. The first-order valence-corrected chi connectivity index (χ1v) is 12.1. The molecule has 0 radical (unpaired) electrons. The van der Waals surface area contributed by atoms with Gasteiger partial charge in [-0.05, 0) is 24.3 Å². The molecule has 0 saturated heterocycles. The van der Waals surface area contributed by atoms with Crippen molar-refractivity contribution >= 4 is 42.2 Å². The van der Waals surface area contributed by atoms with Crippen LogP contribution in [0.5, 0.6) is 23.0 Å². The molecule has 18 heteroatoms. The van der Waals surface area contributed by atoms with Crippen LogP contribution in [-0.2, 0) is 31.2 Å². The van der Waals surface area contributed by atoms with E-state index < -0.39 is 76.4 Å². The lowest BCUT2D eigenvalue weighted by Gasteiger charge is -2.11. The van der Waals surface area contributed by atoms with Gasteiger partial charge in [-0.2, -0.15) is 25.3 Å². The van der Waals surface area contributed by atoms with E-state index in [1.165, 1.54) is 0 Å². The number of rotatable bonds is 7. The summed E-state index contributed by atoms with van der Waals surface area (Å²) in [6, 6.07) is 5.31. The number of phenolic OH excluding ortho intramolecular Hbond substituents is 1. The minimum atomic E-state index is -5.29. The van der Waals surface area contributed by atoms with Gasteiger partial charge in [-0.25, -0.2) is 0 Å². The van der Waals surface area contributed by atoms with E-state index in [0.29, 0.717) is 6.07 Å². The highest BCUT2D eigenvalue weighted by atomic mass is 32.3. The number of hydrogen-bond donors (Lipinski definition) is 4. The van der Waals surface area contributed by atoms with Crippen molar-refractivity contribution in [2.45, 2.75) is 0 Å². The minimum absolute atomic E-state index is 0.170. The lowest BCUT2D eigenvalue weighted by atomic mass is 10.1. The van der Waals surface area contributed by atoms with Crippen LogP contribution in [0.2, 0.25) is 0 Å². The van der Waals surface area contributed by atoms with Crippen LogP contribution in [0, 0.1) is 0 Å². The van der Waals surface area contributed by atoms with Gasteiger partial charge < -0.3 is 22.1 Å². The number of fused-ring (bicyclic) bond motifs is 1. The third kappa shape index (κ3) is 6.09. The lowest BCUT2D eigenvalue weighted by Crippen LogP contribution is -2.16. The number of benzene rings is 2. The SMILES string of the molecule is O=c1c(OS(=O)(=O)O)c(-c2ccc(OS(=O)(=O)O)cc2)oc2cc(OS(=O)(=O)O)cc(O)c12. The number of hydrogen-bond acceptors (Lipinski definition) is 12. The van der Waals surface area contributed by atoms with E-state index in [1.807, 2.05) is 0 Å². The van der Waals surface area contributed by atoms with Crippen LogP contribution in [0.25, 0.3) is 22.3 Å². The summed E-state index contributed by atoms with van der Waals surface area (Å²) in [4.78, 5) is 12.8. The van der Waals surface area contributed by atoms with Crippen molar-refractivity contribution < 1.29 is 61.0 Å². The van der Waals surface area contributed by atoms with Crippen LogP contribution in [0.3, 0.4) is 0 Å². The summed E-state index contributed by atoms with van der Waals surface area (Å²) in [5.41, 5.74) is -2.08. The van der Waals surface area contributed by atoms with Crippen LogP contribution in [0.1, 0.15) is 0 Å². The van der Waals surface area contributed by atoms with Crippen LogP contribution < -0.4 is 18.0 Å². The zero-order valence-electron chi connectivity index (χ0n) is 15.5. The molecule has 33 heavy (non-hydrogen) atoms. The fraction of sp³-hybridized carbons (Fsp3) is 0. The molecule has 0 saturated carbocycles. The smallest absolute Gasteiger partial charge is 0.446 e. The Labute approximate surface area is 184 Å². The maximum atomic E-state index is 12.8. The van der Waals surface area contributed by atoms with E-state index in [4.69, 9.17) is 18.1 Å². The fourth-order valence-electron chi connectivity index (χ4n) is 2.58. The van der Waals surface area contributed by atoms with Gasteiger partial charge >= 0.3 is 31.2 Å². The van der Waals surface area contributed by atoms with Crippen LogP contribution >= 0.6 is 0 Å². The third-order valence-corrected chi connectivity index (χ3v) is 4.80. The molecule has 0 unspecified atom stereocenters. The molecule has 15 nitrogen and oxygen atoms in total. The fourth-order valence-corrected chi connectivity index (χ4v) is 3.64. The predicted molar refractivity (Wildman–Crippen MR) is 106 cm³/mol. The Balaban J connectivity index is 2.29. The second-order valence-corrected chi connectivity index (χ2v) is 9.03. The second-order valence-electron chi connectivity index (χ2n) is 5.96. The normalized spacial score (nSPS) is 12.5. The first-order chi connectivity index (χ1) is 15.0. The van der Waals surface area contributed by atoms with Crippen LogP contribution in [-0.4, -0.2) is 44.0 Å². The molecular weight excluding hydrogens is 516 g/mol. The summed E-state index contributed by atoms with van der Waals surface area (Å²) in [6.45, 7) is 0. The van der Waals surface area contributed by atoms with Gasteiger partial charge in [0.25, 0.3) is 0 Å². The molecule has 0 aliphatic rings. The van der Waals surface area contributed by atoms with Gasteiger partial charge in [0.15, 0.2) is 11.5 Å². The topological polar surface area (TPSA) is 241 Å². The Morgan fingerprint density at radius 3 is 1.76 bits per heavy atom. The summed E-state index contributed by atoms with van der Waals surface area (Å²) in [6.07, 6.45) is 0. The van der Waals surface area contributed by atoms with Crippen molar-refractivity contribution in [1.29, 1.82) is 0 Å². The molecule has 0 spiro atoms. The average Bonchev–Trinajstić information content (AvgIpc) is 2.60. The van der Waals surface area contributed by atoms with Gasteiger partial charge in [0.05, 0.1) is 0 Å². The summed E-state index contributed by atoms with van der Waals surface area (Å²) >= 11 is 0. The second kappa shape index (κ2) is 8.17. The van der Waals surface area contributed by atoms with E-state index in [0.717, 1.165) is 30.3 Å². The summed E-state index contributed by atoms with van der Waals surface area (Å²) < 4.78 is 110. The van der Waals surface area contributed by atoms with E-state index in [-0.39, 0.29) is 5.56 Å². The minimum Gasteiger partial charge on any atom is -0.507 e. The quantitative estimate of drug-likeness (QED) is 0.310. The molecule has 1 heterocycles. The maximum Gasteiger partial charge on any atom is 0.446 e. The van der Waals surface area contributed by atoms with E-state index in [1.54, 1.807) is 0 Å². The molecule has 0 amide bonds. The summed E-state index contributed by atoms with van der Waals surface area (Å²) in [5, 5.41) is 9.36. The highest BCUT2D eigenvalue weighted by Gasteiger charge is 2.25. The van der Waals surface area contributed by atoms with Crippen molar-refractivity contribution in [2.24, 2.45) is 0 Å². The maximum absolute atomic E-state index is 12.8. The Morgan fingerprint density at radius 2 is 1.24 bits per heavy atom. The van der Waals surface area contributed by atoms with Crippen molar-refractivity contribution in [3.05, 3.63) is 46.6 Å². The molecule has 3 rings (SSSR count). The van der Waals surface area contributed by atoms with Gasteiger partial charge in [-0.3, -0.25) is 18.5 Å². The lowest BCUT2D eigenvalue weighted by molar-refractivity contribution is 0.378. The van der Waals surface area contributed by atoms with E-state index >= 15 is 0 Å². The molecular formula is C15H10O15S3. The average molecular weight is 526 g/mol. The highest BCUT2D eigenvalue weighted by molar-refractivity contribution is 7.81. The number of phenols is 1. The van der Waals surface area contributed by atoms with Crippen molar-refractivity contribution in [3.63, 3.8) is 0 Å². The molecule has 0 bridgehead atoms. The first-order valence-electron chi connectivity index (χ1n) is 7.97. The molecule has 4 N–H and O–H groups in total. The van der Waals surface area contributed by atoms with Crippen molar-refractivity contribution in [1.82, 2.24) is 0 Å². The zero-order valence-corrected chi connectivity index (χ0v) is 17.9. The Kier molecular flexibility index (Phi) is 6.00. The number of aromatic hydroxyl groups is 1. The zero-order chi connectivity index (χ0) is 24.8. The highest BCUT2D eigenvalue weighted by Crippen LogP contribution is 2.37. The summed E-state index contributed by atoms with van der Waals surface area (Å²) in [7, 11) is -15.2. The molecule has 1 aromatic heterocycles. The van der Waals surface area contributed by atoms with Crippen LogP contribution in [0.4, 0.5) is 0 Å². The molecule has 2 aromatic carbocycles. The molecule has 3 aromatic rings. The third-order valence-electron chi connectivity index (χ3n) is 3.61. The van der Waals surface area contributed by atoms with Gasteiger partial charge in [0, 0.05) is 17.7 Å². The first kappa shape index (κ1) is 24.2. The van der Waals surface area contributed by atoms with Gasteiger partial charge in [-0.1, -0.05) is 0 Å². The van der Waals surface area contributed by atoms with Crippen molar-refractivity contribution in [2.75, 3.05) is 0 Å². The van der Waals surface area contributed by atoms with Crippen molar-refractivity contribution in [3.8, 4) is 34.3 Å². The molecule has 178 valence electrons. The van der Waals surface area contributed by atoms with Crippen LogP contribution in [0.15, 0.2) is 45.6 Å². The molecule has 0 aliphatic carbocycles.